The second-order valence-electron chi connectivity index (χ2n) is 9.47. The standard InChI is InChI=1S/C29H37N3O5/c1-4-36-27-16-20-10-11-32(29(33)31-12-14-35-15-13-31)26(24(20)18-28(27)37-5-2)9-6-21-19-30-25-8-7-22(34-3)17-23(21)25/h7-8,16-19,26,30H,4-6,9-15H2,1-3H3. The van der Waals surface area contributed by atoms with Crippen LogP contribution in [0.1, 0.15) is 43.0 Å². The zero-order chi connectivity index (χ0) is 25.8. The van der Waals surface area contributed by atoms with Gasteiger partial charge < -0.3 is 33.7 Å². The van der Waals surface area contributed by atoms with Gasteiger partial charge in [-0.3, -0.25) is 0 Å². The highest BCUT2D eigenvalue weighted by molar-refractivity contribution is 5.84. The number of H-pyrrole nitrogens is 1. The summed E-state index contributed by atoms with van der Waals surface area (Å²) in [5.41, 5.74) is 4.68. The van der Waals surface area contributed by atoms with Crippen molar-refractivity contribution in [2.45, 2.75) is 39.2 Å². The van der Waals surface area contributed by atoms with Crippen LogP contribution in [0.5, 0.6) is 17.2 Å². The first-order valence-electron chi connectivity index (χ1n) is 13.3. The molecule has 1 N–H and O–H groups in total. The van der Waals surface area contributed by atoms with E-state index in [4.69, 9.17) is 18.9 Å². The Morgan fingerprint density at radius 2 is 1.81 bits per heavy atom. The molecule has 2 aliphatic rings. The summed E-state index contributed by atoms with van der Waals surface area (Å²) < 4.78 is 22.8. The third kappa shape index (κ3) is 5.21. The summed E-state index contributed by atoms with van der Waals surface area (Å²) in [5, 5.41) is 1.16. The van der Waals surface area contributed by atoms with E-state index < -0.39 is 0 Å². The van der Waals surface area contributed by atoms with Gasteiger partial charge in [-0.25, -0.2) is 4.79 Å². The molecule has 198 valence electrons. The Morgan fingerprint density at radius 1 is 1.05 bits per heavy atom. The number of carbonyl (C=O) groups excluding carboxylic acids is 1. The summed E-state index contributed by atoms with van der Waals surface area (Å²) in [4.78, 5) is 21.1. The number of urea groups is 1. The zero-order valence-electron chi connectivity index (χ0n) is 22.0. The Morgan fingerprint density at radius 3 is 2.54 bits per heavy atom. The highest BCUT2D eigenvalue weighted by atomic mass is 16.5. The number of rotatable bonds is 8. The van der Waals surface area contributed by atoms with Gasteiger partial charge in [0.15, 0.2) is 11.5 Å². The number of hydrogen-bond acceptors (Lipinski definition) is 5. The van der Waals surface area contributed by atoms with Crippen molar-refractivity contribution in [2.75, 3.05) is 53.2 Å². The third-order valence-corrected chi connectivity index (χ3v) is 7.35. The van der Waals surface area contributed by atoms with E-state index in [0.29, 0.717) is 46.1 Å². The quantitative estimate of drug-likeness (QED) is 0.467. The van der Waals surface area contributed by atoms with E-state index in [9.17, 15) is 4.79 Å². The Balaban J connectivity index is 1.49. The number of nitrogens with one attached hydrogen (secondary N) is 1. The van der Waals surface area contributed by atoms with Crippen LogP contribution in [0.25, 0.3) is 10.9 Å². The van der Waals surface area contributed by atoms with Gasteiger partial charge >= 0.3 is 6.03 Å². The smallest absolute Gasteiger partial charge is 0.320 e. The number of fused-ring (bicyclic) bond motifs is 2. The number of benzene rings is 2. The summed E-state index contributed by atoms with van der Waals surface area (Å²) in [6.07, 6.45) is 4.48. The minimum atomic E-state index is -0.0652. The van der Waals surface area contributed by atoms with Gasteiger partial charge in [-0.2, -0.15) is 0 Å². The molecule has 0 spiro atoms. The molecule has 0 aliphatic carbocycles. The van der Waals surface area contributed by atoms with E-state index in [-0.39, 0.29) is 12.1 Å². The fraction of sp³-hybridized carbons (Fsp3) is 0.483. The first-order chi connectivity index (χ1) is 18.1. The molecular formula is C29H37N3O5. The van der Waals surface area contributed by atoms with Crippen LogP contribution in [-0.2, 0) is 17.6 Å². The summed E-state index contributed by atoms with van der Waals surface area (Å²) in [5.74, 6) is 2.36. The van der Waals surface area contributed by atoms with Crippen molar-refractivity contribution in [1.29, 1.82) is 0 Å². The first kappa shape index (κ1) is 25.3. The van der Waals surface area contributed by atoms with E-state index in [2.05, 4.69) is 34.3 Å². The van der Waals surface area contributed by atoms with Gasteiger partial charge in [-0.05, 0) is 80.1 Å². The van der Waals surface area contributed by atoms with Crippen LogP contribution in [0.2, 0.25) is 0 Å². The van der Waals surface area contributed by atoms with Crippen molar-refractivity contribution in [3.05, 3.63) is 53.2 Å². The molecule has 37 heavy (non-hydrogen) atoms. The number of aryl methyl sites for hydroxylation is 1. The van der Waals surface area contributed by atoms with Gasteiger partial charge in [0.05, 0.1) is 39.6 Å². The van der Waals surface area contributed by atoms with E-state index in [0.717, 1.165) is 53.0 Å². The van der Waals surface area contributed by atoms with E-state index in [1.165, 1.54) is 11.1 Å². The maximum Gasteiger partial charge on any atom is 0.320 e. The molecule has 1 aromatic heterocycles. The second kappa shape index (κ2) is 11.3. The van der Waals surface area contributed by atoms with Crippen LogP contribution in [-0.4, -0.2) is 74.0 Å². The molecule has 0 radical (unpaired) electrons. The molecule has 3 heterocycles. The maximum atomic E-state index is 13.7. The number of ether oxygens (including phenoxy) is 4. The van der Waals surface area contributed by atoms with Crippen LogP contribution < -0.4 is 14.2 Å². The zero-order valence-corrected chi connectivity index (χ0v) is 22.0. The van der Waals surface area contributed by atoms with Crippen LogP contribution in [0, 0.1) is 0 Å². The number of morpholine rings is 1. The molecular weight excluding hydrogens is 470 g/mol. The fourth-order valence-electron chi connectivity index (χ4n) is 5.51. The normalized spacial score (nSPS) is 17.5. The summed E-state index contributed by atoms with van der Waals surface area (Å²) in [6.45, 7) is 8.20. The van der Waals surface area contributed by atoms with Crippen LogP contribution >= 0.6 is 0 Å². The number of hydrogen-bond donors (Lipinski definition) is 1. The van der Waals surface area contributed by atoms with Crippen molar-refractivity contribution in [3.63, 3.8) is 0 Å². The summed E-state index contributed by atoms with van der Waals surface area (Å²) >= 11 is 0. The monoisotopic (exact) mass is 507 g/mol. The lowest BCUT2D eigenvalue weighted by atomic mass is 9.88. The molecule has 0 saturated carbocycles. The molecule has 3 aromatic rings. The highest BCUT2D eigenvalue weighted by Gasteiger charge is 2.35. The Kier molecular flexibility index (Phi) is 7.74. The van der Waals surface area contributed by atoms with Crippen LogP contribution in [0.15, 0.2) is 36.5 Å². The molecule has 1 saturated heterocycles. The van der Waals surface area contributed by atoms with Crippen molar-refractivity contribution in [1.82, 2.24) is 14.8 Å². The average Bonchev–Trinajstić information content (AvgIpc) is 3.34. The molecule has 1 unspecified atom stereocenters. The topological polar surface area (TPSA) is 76.3 Å². The molecule has 8 nitrogen and oxygen atoms in total. The molecule has 1 atom stereocenters. The van der Waals surface area contributed by atoms with Gasteiger partial charge in [0, 0.05) is 36.7 Å². The lowest BCUT2D eigenvalue weighted by Crippen LogP contribution is -2.51. The molecule has 1 fully saturated rings. The Labute approximate surface area is 218 Å². The van der Waals surface area contributed by atoms with Crippen LogP contribution in [0.4, 0.5) is 4.79 Å². The molecule has 2 amide bonds. The average molecular weight is 508 g/mol. The third-order valence-electron chi connectivity index (χ3n) is 7.35. The van der Waals surface area contributed by atoms with E-state index in [1.54, 1.807) is 7.11 Å². The molecule has 5 rings (SSSR count). The lowest BCUT2D eigenvalue weighted by Gasteiger charge is -2.41. The highest BCUT2D eigenvalue weighted by Crippen LogP contribution is 2.41. The summed E-state index contributed by atoms with van der Waals surface area (Å²) in [6, 6.07) is 10.3. The number of aromatic amines is 1. The van der Waals surface area contributed by atoms with Gasteiger partial charge in [0.25, 0.3) is 0 Å². The first-order valence-corrected chi connectivity index (χ1v) is 13.3. The maximum absolute atomic E-state index is 13.7. The molecule has 2 aromatic carbocycles. The Hall–Kier alpha value is -3.39. The van der Waals surface area contributed by atoms with Crippen LogP contribution in [0.3, 0.4) is 0 Å². The fourth-order valence-corrected chi connectivity index (χ4v) is 5.51. The van der Waals surface area contributed by atoms with E-state index >= 15 is 0 Å². The van der Waals surface area contributed by atoms with Crippen molar-refractivity contribution >= 4 is 16.9 Å². The number of nitrogens with zero attached hydrogens (tertiary/aromatic N) is 2. The van der Waals surface area contributed by atoms with Crippen molar-refractivity contribution in [2.24, 2.45) is 0 Å². The van der Waals surface area contributed by atoms with Gasteiger partial charge in [0.1, 0.15) is 5.75 Å². The van der Waals surface area contributed by atoms with Gasteiger partial charge in [-0.15, -0.1) is 0 Å². The number of methoxy groups -OCH3 is 1. The second-order valence-corrected chi connectivity index (χ2v) is 9.47. The SMILES string of the molecule is CCOc1cc2c(cc1OCC)C(CCc1c[nH]c3ccc(OC)cc13)N(C(=O)N1CCOCC1)CC2. The van der Waals surface area contributed by atoms with Crippen molar-refractivity contribution in [3.8, 4) is 17.2 Å². The van der Waals surface area contributed by atoms with Crippen molar-refractivity contribution < 1.29 is 23.7 Å². The van der Waals surface area contributed by atoms with Gasteiger partial charge in [-0.1, -0.05) is 0 Å². The van der Waals surface area contributed by atoms with Gasteiger partial charge in [0.2, 0.25) is 0 Å². The number of carbonyl (C=O) groups is 1. The lowest BCUT2D eigenvalue weighted by molar-refractivity contribution is 0.0376. The largest absolute Gasteiger partial charge is 0.497 e. The number of amides is 2. The number of aromatic nitrogens is 1. The minimum absolute atomic E-state index is 0.0652. The Bertz CT molecular complexity index is 1230. The molecule has 0 bridgehead atoms. The predicted octanol–water partition coefficient (Wildman–Crippen LogP) is 4.96. The summed E-state index contributed by atoms with van der Waals surface area (Å²) in [7, 11) is 1.69. The molecule has 8 heteroatoms. The van der Waals surface area contributed by atoms with E-state index in [1.807, 2.05) is 30.9 Å². The predicted molar refractivity (Wildman–Crippen MR) is 143 cm³/mol. The molecule has 2 aliphatic heterocycles. The minimum Gasteiger partial charge on any atom is -0.497 e.